The SMILES string of the molecule is Cc1ccc2c(c1)SCc1c(C(=O)N3CCOC4CC43)nn(-c3ccc(CN4CCOCC4)cc3)c1-2. The third-order valence-electron chi connectivity index (χ3n) is 7.67. The van der Waals surface area contributed by atoms with Gasteiger partial charge in [0.1, 0.15) is 0 Å². The Balaban J connectivity index is 1.27. The molecule has 186 valence electrons. The van der Waals surface area contributed by atoms with Crippen molar-refractivity contribution >= 4 is 17.7 Å². The molecule has 2 saturated heterocycles. The van der Waals surface area contributed by atoms with Crippen molar-refractivity contribution < 1.29 is 14.3 Å². The third-order valence-corrected chi connectivity index (χ3v) is 8.75. The van der Waals surface area contributed by atoms with Gasteiger partial charge in [-0.05, 0) is 42.7 Å². The summed E-state index contributed by atoms with van der Waals surface area (Å²) in [5, 5.41) is 5.00. The molecule has 4 heterocycles. The summed E-state index contributed by atoms with van der Waals surface area (Å²) in [6.45, 7) is 7.83. The van der Waals surface area contributed by atoms with Crippen LogP contribution in [-0.4, -0.2) is 77.1 Å². The van der Waals surface area contributed by atoms with Crippen molar-refractivity contribution in [1.82, 2.24) is 19.6 Å². The van der Waals surface area contributed by atoms with E-state index in [9.17, 15) is 4.79 Å². The predicted molar refractivity (Wildman–Crippen MR) is 139 cm³/mol. The normalized spacial score (nSPS) is 23.1. The van der Waals surface area contributed by atoms with Gasteiger partial charge >= 0.3 is 0 Å². The lowest BCUT2D eigenvalue weighted by Crippen LogP contribution is -2.41. The van der Waals surface area contributed by atoms with Gasteiger partial charge in [0.2, 0.25) is 0 Å². The number of ether oxygens (including phenoxy) is 2. The second-order valence-corrected chi connectivity index (χ2v) is 11.2. The maximum Gasteiger partial charge on any atom is 0.275 e. The second kappa shape index (κ2) is 9.03. The zero-order valence-electron chi connectivity index (χ0n) is 20.5. The zero-order valence-corrected chi connectivity index (χ0v) is 21.3. The average molecular weight is 503 g/mol. The summed E-state index contributed by atoms with van der Waals surface area (Å²) in [6.07, 6.45) is 1.15. The number of amides is 1. The first-order valence-corrected chi connectivity index (χ1v) is 13.8. The largest absolute Gasteiger partial charge is 0.379 e. The van der Waals surface area contributed by atoms with E-state index in [1.54, 1.807) is 11.8 Å². The lowest BCUT2D eigenvalue weighted by atomic mass is 10.0. The van der Waals surface area contributed by atoms with E-state index >= 15 is 0 Å². The summed E-state index contributed by atoms with van der Waals surface area (Å²) in [5.74, 6) is 0.793. The fourth-order valence-electron chi connectivity index (χ4n) is 5.60. The van der Waals surface area contributed by atoms with Crippen LogP contribution in [0.2, 0.25) is 0 Å². The van der Waals surface area contributed by atoms with Gasteiger partial charge in [0.15, 0.2) is 5.69 Å². The van der Waals surface area contributed by atoms with Crippen LogP contribution in [0, 0.1) is 6.92 Å². The van der Waals surface area contributed by atoms with E-state index < -0.39 is 0 Å². The molecule has 1 saturated carbocycles. The molecule has 3 aromatic rings. The van der Waals surface area contributed by atoms with Crippen LogP contribution in [0.25, 0.3) is 16.9 Å². The van der Waals surface area contributed by atoms with Gasteiger partial charge in [-0.15, -0.1) is 11.8 Å². The molecule has 3 fully saturated rings. The quantitative estimate of drug-likeness (QED) is 0.540. The molecule has 0 N–H and O–H groups in total. The molecule has 0 bridgehead atoms. The number of hydrogen-bond donors (Lipinski definition) is 0. The highest BCUT2D eigenvalue weighted by atomic mass is 32.2. The lowest BCUT2D eigenvalue weighted by Gasteiger charge is -2.26. The van der Waals surface area contributed by atoms with Crippen LogP contribution in [0.4, 0.5) is 0 Å². The Morgan fingerprint density at radius 3 is 2.75 bits per heavy atom. The number of aromatic nitrogens is 2. The number of thioether (sulfide) groups is 1. The number of rotatable bonds is 4. The first kappa shape index (κ1) is 22.5. The van der Waals surface area contributed by atoms with Gasteiger partial charge in [-0.1, -0.05) is 24.3 Å². The summed E-state index contributed by atoms with van der Waals surface area (Å²) >= 11 is 1.80. The molecule has 7 rings (SSSR count). The van der Waals surface area contributed by atoms with Crippen molar-refractivity contribution in [3.05, 3.63) is 64.8 Å². The van der Waals surface area contributed by atoms with E-state index in [0.29, 0.717) is 18.8 Å². The topological polar surface area (TPSA) is 59.8 Å². The highest BCUT2D eigenvalue weighted by Crippen LogP contribution is 2.45. The summed E-state index contributed by atoms with van der Waals surface area (Å²) in [5.41, 5.74) is 7.35. The summed E-state index contributed by atoms with van der Waals surface area (Å²) in [6, 6.07) is 15.4. The van der Waals surface area contributed by atoms with E-state index in [4.69, 9.17) is 14.6 Å². The molecule has 7 nitrogen and oxygen atoms in total. The van der Waals surface area contributed by atoms with Gasteiger partial charge in [-0.25, -0.2) is 4.68 Å². The van der Waals surface area contributed by atoms with Crippen molar-refractivity contribution in [1.29, 1.82) is 0 Å². The molecular weight excluding hydrogens is 472 g/mol. The monoisotopic (exact) mass is 502 g/mol. The van der Waals surface area contributed by atoms with Crippen LogP contribution >= 0.6 is 11.8 Å². The fraction of sp³-hybridized carbons (Fsp3) is 0.429. The number of nitrogens with zero attached hydrogens (tertiary/aromatic N) is 4. The minimum atomic E-state index is 0.0425. The smallest absolute Gasteiger partial charge is 0.275 e. The molecule has 1 aromatic heterocycles. The van der Waals surface area contributed by atoms with Crippen molar-refractivity contribution in [2.45, 2.75) is 42.7 Å². The highest BCUT2D eigenvalue weighted by Gasteiger charge is 2.49. The second-order valence-electron chi connectivity index (χ2n) is 10.1. The van der Waals surface area contributed by atoms with E-state index in [-0.39, 0.29) is 18.1 Å². The lowest BCUT2D eigenvalue weighted by molar-refractivity contribution is 0.0258. The predicted octanol–water partition coefficient (Wildman–Crippen LogP) is 3.90. The first-order chi connectivity index (χ1) is 17.7. The Hall–Kier alpha value is -2.65. The van der Waals surface area contributed by atoms with E-state index in [1.165, 1.54) is 16.0 Å². The number of carbonyl (C=O) groups excluding carboxylic acids is 1. The summed E-state index contributed by atoms with van der Waals surface area (Å²) in [7, 11) is 0. The van der Waals surface area contributed by atoms with Crippen LogP contribution in [0.15, 0.2) is 47.4 Å². The molecule has 36 heavy (non-hydrogen) atoms. The van der Waals surface area contributed by atoms with Crippen LogP contribution in [0.1, 0.15) is 33.6 Å². The van der Waals surface area contributed by atoms with Crippen LogP contribution in [0.5, 0.6) is 0 Å². The third kappa shape index (κ3) is 3.96. The Morgan fingerprint density at radius 2 is 1.92 bits per heavy atom. The molecule has 1 amide bonds. The number of morpholine rings is 2. The molecule has 2 unspecified atom stereocenters. The number of fused-ring (bicyclic) bond motifs is 4. The van der Waals surface area contributed by atoms with E-state index in [1.807, 2.05) is 9.58 Å². The number of hydrogen-bond acceptors (Lipinski definition) is 6. The van der Waals surface area contributed by atoms with Gasteiger partial charge in [0.05, 0.1) is 43.3 Å². The molecule has 1 aliphatic carbocycles. The minimum Gasteiger partial charge on any atom is -0.379 e. The molecule has 4 aliphatic rings. The molecule has 0 radical (unpaired) electrons. The maximum atomic E-state index is 13.8. The summed E-state index contributed by atoms with van der Waals surface area (Å²) < 4.78 is 13.2. The number of benzene rings is 2. The Morgan fingerprint density at radius 1 is 1.08 bits per heavy atom. The van der Waals surface area contributed by atoms with Crippen molar-refractivity contribution in [3.8, 4) is 16.9 Å². The number of carbonyl (C=O) groups is 1. The van der Waals surface area contributed by atoms with Gasteiger partial charge in [0, 0.05) is 48.0 Å². The average Bonchev–Trinajstić information content (AvgIpc) is 3.61. The molecule has 2 atom stereocenters. The molecule has 8 heteroatoms. The Kier molecular flexibility index (Phi) is 5.65. The highest BCUT2D eigenvalue weighted by molar-refractivity contribution is 7.98. The van der Waals surface area contributed by atoms with Crippen molar-refractivity contribution in [3.63, 3.8) is 0 Å². The molecule has 2 aromatic carbocycles. The first-order valence-electron chi connectivity index (χ1n) is 12.8. The van der Waals surface area contributed by atoms with E-state index in [0.717, 1.165) is 67.5 Å². The maximum absolute atomic E-state index is 13.8. The van der Waals surface area contributed by atoms with Gasteiger partial charge in [-0.3, -0.25) is 9.69 Å². The molecular formula is C28H30N4O3S. The standard InChI is InChI=1S/C28H30N4O3S/c1-18-2-7-21-25(14-18)36-17-22-26(28(33)31-10-13-35-24-15-23(24)31)29-32(27(21)22)20-5-3-19(4-6-20)16-30-8-11-34-12-9-30/h2-7,14,23-24H,8-13,15-17H2,1H3. The van der Waals surface area contributed by atoms with Gasteiger partial charge < -0.3 is 14.4 Å². The number of aryl methyl sites for hydroxylation is 1. The van der Waals surface area contributed by atoms with Gasteiger partial charge in [0.25, 0.3) is 5.91 Å². The molecule has 0 spiro atoms. The Labute approximate surface area is 215 Å². The van der Waals surface area contributed by atoms with Crippen molar-refractivity contribution in [2.75, 3.05) is 39.5 Å². The summed E-state index contributed by atoms with van der Waals surface area (Å²) in [4.78, 5) is 19.4. The Bertz CT molecular complexity index is 1320. The van der Waals surface area contributed by atoms with Crippen LogP contribution in [-0.2, 0) is 21.8 Å². The zero-order chi connectivity index (χ0) is 24.2. The van der Waals surface area contributed by atoms with Crippen molar-refractivity contribution in [2.24, 2.45) is 0 Å². The fourth-order valence-corrected chi connectivity index (χ4v) is 6.76. The molecule has 3 aliphatic heterocycles. The van der Waals surface area contributed by atoms with Crippen LogP contribution < -0.4 is 0 Å². The minimum absolute atomic E-state index is 0.0425. The van der Waals surface area contributed by atoms with E-state index in [2.05, 4.69) is 54.3 Å². The van der Waals surface area contributed by atoms with Gasteiger partial charge in [-0.2, -0.15) is 5.10 Å². The van der Waals surface area contributed by atoms with Crippen LogP contribution in [0.3, 0.4) is 0 Å².